The third-order valence-electron chi connectivity index (χ3n) is 4.90. The maximum absolute atomic E-state index is 11.8. The van der Waals surface area contributed by atoms with Crippen LogP contribution in [-0.4, -0.2) is 29.8 Å². The van der Waals surface area contributed by atoms with Gasteiger partial charge in [-0.25, -0.2) is 4.79 Å². The quantitative estimate of drug-likeness (QED) is 0.883. The number of carbonyl (C=O) groups is 1. The maximum Gasteiger partial charge on any atom is 0.322 e. The van der Waals surface area contributed by atoms with E-state index in [0.29, 0.717) is 24.7 Å². The van der Waals surface area contributed by atoms with Crippen molar-refractivity contribution in [2.45, 2.75) is 38.9 Å². The molecule has 3 heterocycles. The monoisotopic (exact) mass is 277 g/mol. The van der Waals surface area contributed by atoms with Crippen LogP contribution in [0.25, 0.3) is 0 Å². The summed E-state index contributed by atoms with van der Waals surface area (Å²) in [6.45, 7) is 4.33. The molecule has 0 radical (unpaired) electrons. The summed E-state index contributed by atoms with van der Waals surface area (Å²) in [5.74, 6) is 2.77. The Morgan fingerprint density at radius 3 is 2.85 bits per heavy atom. The lowest BCUT2D eigenvalue weighted by molar-refractivity contribution is 0.0614. The molecule has 0 unspecified atom stereocenters. The van der Waals surface area contributed by atoms with Gasteiger partial charge in [-0.15, -0.1) is 0 Å². The fourth-order valence-corrected chi connectivity index (χ4v) is 3.66. The van der Waals surface area contributed by atoms with Crippen LogP contribution in [0.15, 0.2) is 4.42 Å². The third kappa shape index (κ3) is 1.90. The molecule has 2 bridgehead atoms. The highest BCUT2D eigenvalue weighted by atomic mass is 16.5. The Morgan fingerprint density at radius 1 is 1.35 bits per heavy atom. The molecule has 20 heavy (non-hydrogen) atoms. The summed E-state index contributed by atoms with van der Waals surface area (Å²) in [6.07, 6.45) is 3.24. The van der Waals surface area contributed by atoms with Gasteiger partial charge in [-0.1, -0.05) is 0 Å². The number of urea groups is 1. The summed E-state index contributed by atoms with van der Waals surface area (Å²) in [5, 5.41) is 5.52. The largest absolute Gasteiger partial charge is 0.428 e. The van der Waals surface area contributed by atoms with Gasteiger partial charge in [-0.2, -0.15) is 4.98 Å². The number of hydrogen-bond donors (Lipinski definition) is 2. The van der Waals surface area contributed by atoms with E-state index in [0.717, 1.165) is 29.7 Å². The van der Waals surface area contributed by atoms with Crippen molar-refractivity contribution in [3.8, 4) is 0 Å². The van der Waals surface area contributed by atoms with Crippen LogP contribution in [0.1, 0.15) is 24.3 Å². The first-order chi connectivity index (χ1) is 9.61. The second kappa shape index (κ2) is 4.22. The van der Waals surface area contributed by atoms with Gasteiger partial charge >= 0.3 is 12.0 Å². The number of nitrogens with one attached hydrogen (secondary N) is 2. The van der Waals surface area contributed by atoms with Gasteiger partial charge in [0, 0.05) is 12.5 Å². The highest BCUT2D eigenvalue weighted by Crippen LogP contribution is 2.60. The van der Waals surface area contributed by atoms with Gasteiger partial charge in [0.05, 0.1) is 17.9 Å². The molecule has 1 aromatic heterocycles. The van der Waals surface area contributed by atoms with Crippen LogP contribution in [0.3, 0.4) is 0 Å². The molecule has 6 nitrogen and oxygen atoms in total. The van der Waals surface area contributed by atoms with Crippen molar-refractivity contribution in [2.75, 3.05) is 11.9 Å². The molecule has 1 saturated carbocycles. The zero-order valence-corrected chi connectivity index (χ0v) is 11.7. The first-order valence-electron chi connectivity index (χ1n) is 7.26. The Kier molecular flexibility index (Phi) is 2.57. The Morgan fingerprint density at radius 2 is 2.20 bits per heavy atom. The topological polar surface area (TPSA) is 76.4 Å². The maximum atomic E-state index is 11.8. The van der Waals surface area contributed by atoms with Crippen molar-refractivity contribution in [3.05, 3.63) is 11.5 Å². The van der Waals surface area contributed by atoms with Crippen LogP contribution in [0.4, 0.5) is 10.8 Å². The van der Waals surface area contributed by atoms with Gasteiger partial charge in [-0.3, -0.25) is 5.32 Å². The number of aromatic nitrogens is 1. The zero-order valence-electron chi connectivity index (χ0n) is 11.7. The Labute approximate surface area is 117 Å². The number of amides is 2. The van der Waals surface area contributed by atoms with Crippen molar-refractivity contribution in [3.63, 3.8) is 0 Å². The lowest BCUT2D eigenvalue weighted by Gasteiger charge is -2.18. The number of anilines is 1. The summed E-state index contributed by atoms with van der Waals surface area (Å²) < 4.78 is 11.2. The van der Waals surface area contributed by atoms with Gasteiger partial charge in [0.2, 0.25) is 0 Å². The molecular formula is C14H19N3O3. The van der Waals surface area contributed by atoms with E-state index in [1.165, 1.54) is 6.42 Å². The van der Waals surface area contributed by atoms with Gasteiger partial charge in [0.1, 0.15) is 5.76 Å². The lowest BCUT2D eigenvalue weighted by Crippen LogP contribution is -2.36. The van der Waals surface area contributed by atoms with Gasteiger partial charge in [-0.05, 0) is 38.5 Å². The van der Waals surface area contributed by atoms with E-state index in [1.54, 1.807) is 0 Å². The number of rotatable bonds is 3. The molecule has 3 fully saturated rings. The van der Waals surface area contributed by atoms with Crippen molar-refractivity contribution in [2.24, 2.45) is 17.8 Å². The molecule has 6 heteroatoms. The molecule has 0 aromatic carbocycles. The third-order valence-corrected chi connectivity index (χ3v) is 4.90. The average Bonchev–Trinajstić information content (AvgIpc) is 2.88. The highest BCUT2D eigenvalue weighted by molar-refractivity contribution is 5.86. The van der Waals surface area contributed by atoms with Crippen molar-refractivity contribution < 1.29 is 13.9 Å². The van der Waals surface area contributed by atoms with E-state index in [4.69, 9.17) is 9.15 Å². The normalized spacial score (nSPS) is 36.8. The first-order valence-corrected chi connectivity index (χ1v) is 7.26. The molecule has 108 valence electrons. The molecule has 2 N–H and O–H groups in total. The number of aryl methyl sites for hydroxylation is 2. The lowest BCUT2D eigenvalue weighted by atomic mass is 9.89. The Hall–Kier alpha value is -1.56. The number of oxazole rings is 1. The SMILES string of the molecule is Cc1nc(NC(=O)NC[C@@H]2C[C@@H]3O[C@H]2[C@H]2C[C@H]23)oc1C. The van der Waals surface area contributed by atoms with Crippen molar-refractivity contribution >= 4 is 12.0 Å². The van der Waals surface area contributed by atoms with Crippen molar-refractivity contribution in [1.82, 2.24) is 10.3 Å². The Bertz CT molecular complexity index is 536. The molecule has 1 aromatic rings. The molecule has 0 spiro atoms. The zero-order chi connectivity index (χ0) is 13.9. The summed E-state index contributed by atoms with van der Waals surface area (Å²) in [7, 11) is 0. The molecule has 4 rings (SSSR count). The average molecular weight is 277 g/mol. The minimum absolute atomic E-state index is 0.254. The van der Waals surface area contributed by atoms with Crippen LogP contribution in [0.2, 0.25) is 0 Å². The first kappa shape index (κ1) is 12.2. The van der Waals surface area contributed by atoms with E-state index in [-0.39, 0.29) is 12.0 Å². The van der Waals surface area contributed by atoms with Crippen LogP contribution in [0, 0.1) is 31.6 Å². The smallest absolute Gasteiger partial charge is 0.322 e. The summed E-state index contributed by atoms with van der Waals surface area (Å²) in [4.78, 5) is 15.9. The predicted octanol–water partition coefficient (Wildman–Crippen LogP) is 1.84. The molecule has 2 saturated heterocycles. The van der Waals surface area contributed by atoms with Crippen LogP contribution in [0.5, 0.6) is 0 Å². The molecule has 3 aliphatic rings. The number of ether oxygens (including phenoxy) is 1. The van der Waals surface area contributed by atoms with Crippen LogP contribution in [-0.2, 0) is 4.74 Å². The molecule has 2 aliphatic heterocycles. The van der Waals surface area contributed by atoms with Crippen LogP contribution >= 0.6 is 0 Å². The van der Waals surface area contributed by atoms with E-state index < -0.39 is 0 Å². The second-order valence-corrected chi connectivity index (χ2v) is 6.19. The molecular weight excluding hydrogens is 258 g/mol. The molecule has 1 aliphatic carbocycles. The number of nitrogens with zero attached hydrogens (tertiary/aromatic N) is 1. The number of carbonyl (C=O) groups excluding carboxylic acids is 1. The van der Waals surface area contributed by atoms with E-state index in [2.05, 4.69) is 15.6 Å². The summed E-state index contributed by atoms with van der Waals surface area (Å²) in [6, 6.07) is -0.00896. The van der Waals surface area contributed by atoms with Crippen LogP contribution < -0.4 is 10.6 Å². The molecule has 2 amide bonds. The van der Waals surface area contributed by atoms with Gasteiger partial charge in [0.25, 0.3) is 0 Å². The predicted molar refractivity (Wildman–Crippen MR) is 71.4 cm³/mol. The highest BCUT2D eigenvalue weighted by Gasteiger charge is 2.62. The fourth-order valence-electron chi connectivity index (χ4n) is 3.66. The van der Waals surface area contributed by atoms with E-state index >= 15 is 0 Å². The minimum atomic E-state index is -0.263. The second-order valence-electron chi connectivity index (χ2n) is 6.19. The summed E-state index contributed by atoms with van der Waals surface area (Å²) >= 11 is 0. The fraction of sp³-hybridized carbons (Fsp3) is 0.714. The van der Waals surface area contributed by atoms with Crippen molar-refractivity contribution in [1.29, 1.82) is 0 Å². The van der Waals surface area contributed by atoms with Gasteiger partial charge < -0.3 is 14.5 Å². The standard InChI is InChI=1S/C14H19N3O3/c1-6-7(2)19-14(16-6)17-13(18)15-5-8-3-11-9-4-10(9)12(8)20-11/h8-12H,3-5H2,1-2H3,(H2,15,16,17,18)/t8-,9+,10-,11-,12+/m0/s1. The number of hydrogen-bond acceptors (Lipinski definition) is 4. The minimum Gasteiger partial charge on any atom is -0.428 e. The Balaban J connectivity index is 1.28. The molecule has 5 atom stereocenters. The number of fused-ring (bicyclic) bond motifs is 5. The van der Waals surface area contributed by atoms with E-state index in [9.17, 15) is 4.79 Å². The van der Waals surface area contributed by atoms with E-state index in [1.807, 2.05) is 13.8 Å². The summed E-state index contributed by atoms with van der Waals surface area (Å²) in [5.41, 5.74) is 0.793. The van der Waals surface area contributed by atoms with Gasteiger partial charge in [0.15, 0.2) is 0 Å².